The van der Waals surface area contributed by atoms with E-state index < -0.39 is 0 Å². The molecule has 1 aliphatic rings. The Morgan fingerprint density at radius 3 is 3.00 bits per heavy atom. The summed E-state index contributed by atoms with van der Waals surface area (Å²) in [4.78, 5) is 0. The Balaban J connectivity index is 2.11. The van der Waals surface area contributed by atoms with Gasteiger partial charge in [-0.1, -0.05) is 5.16 Å². The Labute approximate surface area is 107 Å². The van der Waals surface area contributed by atoms with Crippen LogP contribution in [-0.2, 0) is 14.2 Å². The zero-order valence-electron chi connectivity index (χ0n) is 11.0. The van der Waals surface area contributed by atoms with E-state index in [1.165, 1.54) is 0 Å². The molecule has 2 atom stereocenters. The summed E-state index contributed by atoms with van der Waals surface area (Å²) in [6, 6.07) is 0. The molecule has 4 N–H and O–H groups in total. The fraction of sp³-hybridized carbons (Fsp3) is 0.909. The van der Waals surface area contributed by atoms with E-state index in [0.29, 0.717) is 19.8 Å². The van der Waals surface area contributed by atoms with E-state index in [9.17, 15) is 0 Å². The molecule has 0 bridgehead atoms. The van der Waals surface area contributed by atoms with Crippen molar-refractivity contribution in [2.24, 2.45) is 10.9 Å². The SMILES string of the molecule is COC1(CNCCOC(C)C(N)=NO)CCOC1. The van der Waals surface area contributed by atoms with Crippen molar-refractivity contribution in [3.8, 4) is 0 Å². The second-order valence-electron chi connectivity index (χ2n) is 4.40. The van der Waals surface area contributed by atoms with Gasteiger partial charge >= 0.3 is 0 Å². The van der Waals surface area contributed by atoms with Crippen molar-refractivity contribution in [3.05, 3.63) is 0 Å². The number of hydrogen-bond acceptors (Lipinski definition) is 6. The summed E-state index contributed by atoms with van der Waals surface area (Å²) in [5, 5.41) is 14.6. The molecule has 1 rings (SSSR count). The van der Waals surface area contributed by atoms with Gasteiger partial charge in [0.05, 0.1) is 13.2 Å². The molecule has 0 radical (unpaired) electrons. The van der Waals surface area contributed by atoms with Crippen LogP contribution in [0.15, 0.2) is 5.16 Å². The summed E-state index contributed by atoms with van der Waals surface area (Å²) in [5.74, 6) is 0.0764. The molecule has 0 aromatic carbocycles. The monoisotopic (exact) mass is 261 g/mol. The predicted molar refractivity (Wildman–Crippen MR) is 66.9 cm³/mol. The van der Waals surface area contributed by atoms with Gasteiger partial charge < -0.3 is 30.5 Å². The summed E-state index contributed by atoms with van der Waals surface area (Å²) in [6.45, 7) is 4.98. The van der Waals surface area contributed by atoms with Gasteiger partial charge in [-0.15, -0.1) is 0 Å². The van der Waals surface area contributed by atoms with Gasteiger partial charge in [0.1, 0.15) is 11.7 Å². The molecule has 0 aliphatic carbocycles. The maximum atomic E-state index is 8.45. The number of hydrogen-bond donors (Lipinski definition) is 3. The van der Waals surface area contributed by atoms with Gasteiger partial charge in [-0.05, 0) is 6.92 Å². The van der Waals surface area contributed by atoms with Gasteiger partial charge in [-0.2, -0.15) is 0 Å². The van der Waals surface area contributed by atoms with E-state index in [0.717, 1.165) is 19.6 Å². The van der Waals surface area contributed by atoms with E-state index in [2.05, 4.69) is 10.5 Å². The molecule has 0 saturated carbocycles. The molecular formula is C11H23N3O4. The average Bonchev–Trinajstić information content (AvgIpc) is 2.86. The molecule has 7 heteroatoms. The molecule has 1 saturated heterocycles. The number of nitrogens with one attached hydrogen (secondary N) is 1. The Bertz CT molecular complexity index is 267. The van der Waals surface area contributed by atoms with Gasteiger partial charge in [0.15, 0.2) is 5.84 Å². The number of nitrogens with two attached hydrogens (primary N) is 1. The second-order valence-corrected chi connectivity index (χ2v) is 4.40. The first-order valence-corrected chi connectivity index (χ1v) is 6.06. The van der Waals surface area contributed by atoms with Gasteiger partial charge in [0, 0.05) is 33.2 Å². The van der Waals surface area contributed by atoms with E-state index in [-0.39, 0.29) is 17.5 Å². The standard InChI is InChI=1S/C11H23N3O4/c1-9(10(12)14-15)18-6-4-13-7-11(16-2)3-5-17-8-11/h9,13,15H,3-8H2,1-2H3,(H2,12,14). The largest absolute Gasteiger partial charge is 0.409 e. The van der Waals surface area contributed by atoms with E-state index in [4.69, 9.17) is 25.2 Å². The number of methoxy groups -OCH3 is 1. The van der Waals surface area contributed by atoms with Crippen molar-refractivity contribution in [1.82, 2.24) is 5.32 Å². The van der Waals surface area contributed by atoms with Gasteiger partial charge in [-0.25, -0.2) is 0 Å². The minimum absolute atomic E-state index is 0.0764. The summed E-state index contributed by atoms with van der Waals surface area (Å²) in [5.41, 5.74) is 5.18. The third-order valence-corrected chi connectivity index (χ3v) is 3.13. The predicted octanol–water partition coefficient (Wildman–Crippen LogP) is -0.467. The zero-order valence-corrected chi connectivity index (χ0v) is 11.0. The lowest BCUT2D eigenvalue weighted by molar-refractivity contribution is -0.0169. The van der Waals surface area contributed by atoms with Crippen LogP contribution in [0.3, 0.4) is 0 Å². The first-order chi connectivity index (χ1) is 8.63. The lowest BCUT2D eigenvalue weighted by atomic mass is 10.0. The van der Waals surface area contributed by atoms with Crippen LogP contribution in [0.1, 0.15) is 13.3 Å². The van der Waals surface area contributed by atoms with Crippen LogP contribution < -0.4 is 11.1 Å². The van der Waals surface area contributed by atoms with E-state index in [1.807, 2.05) is 0 Å². The quantitative estimate of drug-likeness (QED) is 0.180. The lowest BCUT2D eigenvalue weighted by Gasteiger charge is -2.26. The molecule has 7 nitrogen and oxygen atoms in total. The van der Waals surface area contributed by atoms with Crippen LogP contribution >= 0.6 is 0 Å². The molecule has 1 heterocycles. The number of rotatable bonds is 8. The van der Waals surface area contributed by atoms with Crippen LogP contribution in [0, 0.1) is 0 Å². The summed E-state index contributed by atoms with van der Waals surface area (Å²) in [6.07, 6.45) is 0.515. The first-order valence-electron chi connectivity index (χ1n) is 6.06. The van der Waals surface area contributed by atoms with Crippen molar-refractivity contribution >= 4 is 5.84 Å². The highest BCUT2D eigenvalue weighted by molar-refractivity contribution is 5.83. The van der Waals surface area contributed by atoms with E-state index in [1.54, 1.807) is 14.0 Å². The molecule has 106 valence electrons. The van der Waals surface area contributed by atoms with Gasteiger partial charge in [0.2, 0.25) is 0 Å². The highest BCUT2D eigenvalue weighted by atomic mass is 16.5. The Morgan fingerprint density at radius 2 is 2.44 bits per heavy atom. The Morgan fingerprint density at radius 1 is 1.67 bits per heavy atom. The maximum Gasteiger partial charge on any atom is 0.168 e. The molecule has 18 heavy (non-hydrogen) atoms. The van der Waals surface area contributed by atoms with Crippen LogP contribution in [0.5, 0.6) is 0 Å². The van der Waals surface area contributed by atoms with Crippen LogP contribution in [-0.4, -0.2) is 62.8 Å². The van der Waals surface area contributed by atoms with Crippen molar-refractivity contribution in [2.75, 3.05) is 40.0 Å². The molecule has 1 fully saturated rings. The van der Waals surface area contributed by atoms with Gasteiger partial charge in [0.25, 0.3) is 0 Å². The fourth-order valence-corrected chi connectivity index (χ4v) is 1.75. The second kappa shape index (κ2) is 7.52. The summed E-state index contributed by atoms with van der Waals surface area (Å²) < 4.78 is 16.2. The molecule has 1 aliphatic heterocycles. The van der Waals surface area contributed by atoms with Crippen molar-refractivity contribution < 1.29 is 19.4 Å². The Hall–Kier alpha value is -0.890. The van der Waals surface area contributed by atoms with Crippen LogP contribution in [0.2, 0.25) is 0 Å². The van der Waals surface area contributed by atoms with Crippen molar-refractivity contribution in [2.45, 2.75) is 25.0 Å². The van der Waals surface area contributed by atoms with Crippen molar-refractivity contribution in [1.29, 1.82) is 0 Å². The van der Waals surface area contributed by atoms with Gasteiger partial charge in [-0.3, -0.25) is 0 Å². The maximum absolute atomic E-state index is 8.45. The molecule has 0 aromatic rings. The molecule has 0 aromatic heterocycles. The minimum Gasteiger partial charge on any atom is -0.409 e. The summed E-state index contributed by atoms with van der Waals surface area (Å²) >= 11 is 0. The third-order valence-electron chi connectivity index (χ3n) is 3.13. The van der Waals surface area contributed by atoms with Crippen molar-refractivity contribution in [3.63, 3.8) is 0 Å². The number of amidine groups is 1. The third kappa shape index (κ3) is 4.41. The topological polar surface area (TPSA) is 98.3 Å². The summed E-state index contributed by atoms with van der Waals surface area (Å²) in [7, 11) is 1.70. The van der Waals surface area contributed by atoms with Crippen LogP contribution in [0.4, 0.5) is 0 Å². The normalized spacial score (nSPS) is 26.4. The zero-order chi connectivity index (χ0) is 13.4. The number of ether oxygens (including phenoxy) is 3. The average molecular weight is 261 g/mol. The molecule has 0 spiro atoms. The highest BCUT2D eigenvalue weighted by Gasteiger charge is 2.34. The first kappa shape index (κ1) is 15.2. The minimum atomic E-state index is -0.386. The Kier molecular flexibility index (Phi) is 6.34. The lowest BCUT2D eigenvalue weighted by Crippen LogP contribution is -2.44. The molecular weight excluding hydrogens is 238 g/mol. The van der Waals surface area contributed by atoms with E-state index >= 15 is 0 Å². The number of nitrogens with zero attached hydrogens (tertiary/aromatic N) is 1. The highest BCUT2D eigenvalue weighted by Crippen LogP contribution is 2.21. The number of oxime groups is 1. The smallest absolute Gasteiger partial charge is 0.168 e. The fourth-order valence-electron chi connectivity index (χ4n) is 1.75. The molecule has 2 unspecified atom stereocenters. The molecule has 0 amide bonds. The van der Waals surface area contributed by atoms with Crippen LogP contribution in [0.25, 0.3) is 0 Å².